The van der Waals surface area contributed by atoms with Crippen LogP contribution in [-0.4, -0.2) is 147 Å². The highest BCUT2D eigenvalue weighted by atomic mass is 35.5. The minimum absolute atomic E-state index is 0.00156. The van der Waals surface area contributed by atoms with E-state index in [0.717, 1.165) is 95.2 Å². The van der Waals surface area contributed by atoms with Crippen LogP contribution in [0.4, 0.5) is 23.0 Å². The van der Waals surface area contributed by atoms with Crippen LogP contribution in [0.15, 0.2) is 117 Å². The molecule has 2 amide bonds. The van der Waals surface area contributed by atoms with Gasteiger partial charge in [0.15, 0.2) is 21.7 Å². The van der Waals surface area contributed by atoms with Crippen molar-refractivity contribution in [2.75, 3.05) is 80.9 Å². The highest BCUT2D eigenvalue weighted by Gasteiger charge is 2.32. The van der Waals surface area contributed by atoms with E-state index in [2.05, 4.69) is 80.6 Å². The summed E-state index contributed by atoms with van der Waals surface area (Å²) in [4.78, 5) is 42.1. The molecule has 26 heteroatoms. The van der Waals surface area contributed by atoms with E-state index in [1.54, 1.807) is 12.1 Å². The molecule has 12 rings (SSSR count). The van der Waals surface area contributed by atoms with Crippen molar-refractivity contribution >= 4 is 123 Å². The van der Waals surface area contributed by atoms with Crippen molar-refractivity contribution in [3.05, 3.63) is 139 Å². The van der Waals surface area contributed by atoms with Gasteiger partial charge in [0.2, 0.25) is 19.7 Å². The second-order valence-electron chi connectivity index (χ2n) is 22.5. The van der Waals surface area contributed by atoms with Crippen LogP contribution in [0.5, 0.6) is 0 Å². The van der Waals surface area contributed by atoms with Gasteiger partial charge < -0.3 is 40.5 Å². The van der Waals surface area contributed by atoms with Crippen LogP contribution in [0, 0.1) is 0 Å². The first-order chi connectivity index (χ1) is 41.4. The van der Waals surface area contributed by atoms with Gasteiger partial charge in [0, 0.05) is 64.9 Å². The van der Waals surface area contributed by atoms with Gasteiger partial charge >= 0.3 is 0 Å². The summed E-state index contributed by atoms with van der Waals surface area (Å²) in [6.45, 7) is 6.13. The molecule has 4 aliphatic rings. The molecule has 0 radical (unpaired) electrons. The summed E-state index contributed by atoms with van der Waals surface area (Å²) >= 11 is 24.8. The average Bonchev–Trinajstić information content (AvgIpc) is 1.97. The Bertz CT molecular complexity index is 4090. The molecule has 4 fully saturated rings. The minimum atomic E-state index is -4.20. The summed E-state index contributed by atoms with van der Waals surface area (Å²) in [6.07, 6.45) is 6.72. The van der Waals surface area contributed by atoms with Gasteiger partial charge in [0.1, 0.15) is 11.0 Å². The second kappa shape index (κ2) is 25.3. The van der Waals surface area contributed by atoms with E-state index in [0.29, 0.717) is 59.3 Å². The molecule has 4 aliphatic heterocycles. The molecule has 2 atom stereocenters. The van der Waals surface area contributed by atoms with Crippen molar-refractivity contribution in [2.24, 2.45) is 0 Å². The molecule has 4 aromatic carbocycles. The topological polar surface area (TPSA) is 259 Å². The van der Waals surface area contributed by atoms with Crippen molar-refractivity contribution in [3.63, 3.8) is 0 Å². The van der Waals surface area contributed by atoms with Crippen molar-refractivity contribution in [3.8, 4) is 0 Å². The lowest BCUT2D eigenvalue weighted by molar-refractivity contribution is -0.0136. The lowest BCUT2D eigenvalue weighted by Crippen LogP contribution is -2.44. The number of ether oxygens (including phenoxy) is 2. The number of halogens is 4. The number of rotatable bonds is 16. The number of nitrogens with zero attached hydrogens (tertiary/aromatic N) is 6. The molecular weight excluding hydrogens is 1220 g/mol. The molecule has 8 heterocycles. The predicted molar refractivity (Wildman–Crippen MR) is 332 cm³/mol. The highest BCUT2D eigenvalue weighted by molar-refractivity contribution is 7.91. The summed E-state index contributed by atoms with van der Waals surface area (Å²) in [5, 5.41) is 27.6. The Balaban J connectivity index is 0.716. The maximum absolute atomic E-state index is 14.5. The van der Waals surface area contributed by atoms with Gasteiger partial charge in [-0.2, -0.15) is 10.2 Å². The first-order valence-electron chi connectivity index (χ1n) is 28.6. The number of anilines is 4. The first kappa shape index (κ1) is 59.9. The van der Waals surface area contributed by atoms with E-state index in [1.807, 2.05) is 24.3 Å². The van der Waals surface area contributed by atoms with E-state index >= 15 is 0 Å². The van der Waals surface area contributed by atoms with Gasteiger partial charge in [-0.25, -0.2) is 26.8 Å². The summed E-state index contributed by atoms with van der Waals surface area (Å²) in [6, 6.07) is 26.0. The van der Waals surface area contributed by atoms with Crippen LogP contribution in [-0.2, 0) is 29.1 Å². The zero-order valence-corrected chi connectivity index (χ0v) is 51.4. The number of aromatic nitrogens is 6. The fraction of sp³-hybridized carbons (Fsp3) is 0.367. The lowest BCUT2D eigenvalue weighted by Gasteiger charge is -2.37. The summed E-state index contributed by atoms with van der Waals surface area (Å²) in [7, 11) is -6.21. The summed E-state index contributed by atoms with van der Waals surface area (Å²) < 4.78 is 67.0. The van der Waals surface area contributed by atoms with Crippen molar-refractivity contribution in [1.82, 2.24) is 40.2 Å². The number of aromatic amines is 2. The molecule has 6 N–H and O–H groups in total. The number of likely N-dealkylation sites (tertiary alicyclic amines) is 2. The monoisotopic (exact) mass is 1280 g/mol. The molecule has 4 aromatic heterocycles. The third-order valence-electron chi connectivity index (χ3n) is 16.7. The van der Waals surface area contributed by atoms with Gasteiger partial charge in [0.25, 0.3) is 11.8 Å². The molecule has 20 nitrogen and oxygen atoms in total. The molecule has 0 aliphatic carbocycles. The van der Waals surface area contributed by atoms with Gasteiger partial charge in [-0.05, 0) is 192 Å². The molecule has 0 saturated carbocycles. The molecule has 0 spiro atoms. The number of amides is 2. The second-order valence-corrected chi connectivity index (χ2v) is 28.0. The Hall–Kier alpha value is -6.44. The number of H-pyrrole nitrogens is 2. The smallest absolute Gasteiger partial charge is 0.259 e. The van der Waals surface area contributed by atoms with Crippen LogP contribution >= 0.6 is 46.4 Å². The van der Waals surface area contributed by atoms with Crippen LogP contribution in [0.3, 0.4) is 0 Å². The Morgan fingerprint density at radius 2 is 1.13 bits per heavy atom. The molecular formula is C60H62Cl4N12O8S2. The fourth-order valence-corrected chi connectivity index (χ4v) is 15.8. The normalized spacial score (nSPS) is 19.0. The zero-order chi connectivity index (χ0) is 59.9. The third-order valence-corrected chi connectivity index (χ3v) is 21.1. The number of sulfone groups is 2. The summed E-state index contributed by atoms with van der Waals surface area (Å²) in [5.74, 6) is -0.175. The number of carbonyl (C=O) groups excluding carboxylic acids is 2. The number of benzene rings is 4. The number of hydrogen-bond acceptors (Lipinski definition) is 16. The molecule has 450 valence electrons. The number of hydrogen-bond donors (Lipinski definition) is 6. The highest BCUT2D eigenvalue weighted by Crippen LogP contribution is 2.37. The number of pyridine rings is 2. The van der Waals surface area contributed by atoms with E-state index in [4.69, 9.17) is 55.9 Å². The van der Waals surface area contributed by atoms with Crippen LogP contribution < -0.4 is 21.3 Å². The summed E-state index contributed by atoms with van der Waals surface area (Å²) in [5.41, 5.74) is 5.64. The number of piperidine rings is 2. The Kier molecular flexibility index (Phi) is 17.6. The lowest BCUT2D eigenvalue weighted by atomic mass is 9.87. The average molecular weight is 1290 g/mol. The minimum Gasteiger partial charge on any atom is -0.381 e. The van der Waals surface area contributed by atoms with Gasteiger partial charge in [0.05, 0.1) is 43.1 Å². The Morgan fingerprint density at radius 3 is 1.71 bits per heavy atom. The molecule has 0 bridgehead atoms. The van der Waals surface area contributed by atoms with Crippen molar-refractivity contribution in [2.45, 2.75) is 101 Å². The zero-order valence-electron chi connectivity index (χ0n) is 46.7. The van der Waals surface area contributed by atoms with Crippen LogP contribution in [0.2, 0.25) is 20.1 Å². The maximum Gasteiger partial charge on any atom is 0.259 e. The quantitative estimate of drug-likeness (QED) is 0.0525. The number of fused-ring (bicyclic) bond motifs is 2. The Labute approximate surface area is 517 Å². The SMILES string of the molecule is CN1CCC(c2ccc(C(=O)Nc3n[nH]c4ccc(S(=O)(=O)c5cc(Cl)ccc5Cl)nc34)c(NC3CCOC(CN4CCC(c5ccc(C(=O)Nc6n[nH]c7ccc(S(=O)(=O)c8cc(Cl)cc(Cl)c8)nc67)c(NC6CCOCC6)c5)CC4)C3)c2)CC1. The van der Waals surface area contributed by atoms with E-state index < -0.39 is 31.5 Å². The maximum atomic E-state index is 14.5. The van der Waals surface area contributed by atoms with E-state index in [-0.39, 0.29) is 86.7 Å². The van der Waals surface area contributed by atoms with E-state index in [1.165, 1.54) is 48.5 Å². The van der Waals surface area contributed by atoms with Gasteiger partial charge in [-0.3, -0.25) is 19.8 Å². The van der Waals surface area contributed by atoms with Crippen LogP contribution in [0.25, 0.3) is 22.1 Å². The van der Waals surface area contributed by atoms with Crippen LogP contribution in [0.1, 0.15) is 95.0 Å². The van der Waals surface area contributed by atoms with Gasteiger partial charge in [-0.1, -0.05) is 58.5 Å². The van der Waals surface area contributed by atoms with Crippen molar-refractivity contribution in [1.29, 1.82) is 0 Å². The number of nitrogens with one attached hydrogen (secondary N) is 6. The largest absolute Gasteiger partial charge is 0.381 e. The predicted octanol–water partition coefficient (Wildman–Crippen LogP) is 11.3. The first-order valence-corrected chi connectivity index (χ1v) is 33.0. The standard InChI is InChI=1S/C60H62Cl4N12O8S2/c1-75-19-12-34(13-20-75)36-2-6-46(60(78)70-58-56-49(72-74-58)9-11-54(68-56)86(81,82)52-31-38(61)4-7-47(52)64)51(27-36)66-42-18-25-84-43(32-42)33-76-21-14-35(15-22-76)37-3-5-45(50(26-37)65-41-16-23-83-24-17-41)59(77)69-57-55-48(71-73-57)8-10-53(67-55)85(79,80)44-29-39(62)28-40(63)30-44/h2-11,26-31,34-35,41-43,65-66H,12-25,32-33H2,1H3,(H2,69,71,73,77)(H2,70,72,74,78). The van der Waals surface area contributed by atoms with Crippen molar-refractivity contribution < 1.29 is 35.9 Å². The fourth-order valence-electron chi connectivity index (χ4n) is 12.0. The molecule has 2 unspecified atom stereocenters. The molecule has 86 heavy (non-hydrogen) atoms. The third kappa shape index (κ3) is 13.1. The molecule has 4 saturated heterocycles. The number of carbonyl (C=O) groups is 2. The Morgan fingerprint density at radius 1 is 0.593 bits per heavy atom. The van der Waals surface area contributed by atoms with E-state index in [9.17, 15) is 26.4 Å². The molecule has 8 aromatic rings. The van der Waals surface area contributed by atoms with Gasteiger partial charge in [-0.15, -0.1) is 0 Å².